The van der Waals surface area contributed by atoms with Gasteiger partial charge in [-0.3, -0.25) is 0 Å². The molecule has 0 atom stereocenters. The monoisotopic (exact) mass is 524 g/mol. The molecule has 3 aromatic carbocycles. The van der Waals surface area contributed by atoms with Gasteiger partial charge in [0.25, 0.3) is 0 Å². The zero-order valence-electron chi connectivity index (χ0n) is 17.8. The first-order chi connectivity index (χ1) is 16.8. The topological polar surface area (TPSA) is 66.8 Å². The Labute approximate surface area is 203 Å². The highest BCUT2D eigenvalue weighted by atomic mass is 32.1. The lowest BCUT2D eigenvalue weighted by molar-refractivity contribution is -0.142. The van der Waals surface area contributed by atoms with E-state index in [0.29, 0.717) is 21.7 Å². The minimum atomic E-state index is -5.09. The number of hydrogen-bond acceptors (Lipinski definition) is 4. The average Bonchev–Trinajstić information content (AvgIpc) is 3.14. The van der Waals surface area contributed by atoms with Crippen LogP contribution in [-0.2, 0) is 17.1 Å². The van der Waals surface area contributed by atoms with Gasteiger partial charge < -0.3 is 14.9 Å². The molecule has 0 fully saturated rings. The third-order valence-electron chi connectivity index (χ3n) is 5.04. The van der Waals surface area contributed by atoms with Gasteiger partial charge in [0.15, 0.2) is 5.75 Å². The third kappa shape index (κ3) is 5.30. The number of fused-ring (bicyclic) bond motifs is 1. The van der Waals surface area contributed by atoms with Gasteiger partial charge in [0, 0.05) is 21.7 Å². The van der Waals surface area contributed by atoms with E-state index in [4.69, 9.17) is 9.84 Å². The molecule has 4 nitrogen and oxygen atoms in total. The lowest BCUT2D eigenvalue weighted by Crippen LogP contribution is -2.12. The van der Waals surface area contributed by atoms with Crippen LogP contribution in [0.4, 0.5) is 26.3 Å². The first-order valence-corrected chi connectivity index (χ1v) is 10.9. The predicted octanol–water partition coefficient (Wildman–Crippen LogP) is 8.20. The molecule has 0 aliphatic rings. The van der Waals surface area contributed by atoms with Crippen LogP contribution in [0.3, 0.4) is 0 Å². The highest BCUT2D eigenvalue weighted by Crippen LogP contribution is 2.51. The number of rotatable bonds is 5. The van der Waals surface area contributed by atoms with Crippen LogP contribution in [-0.4, -0.2) is 16.2 Å². The molecule has 0 saturated heterocycles. The number of thiophene rings is 1. The number of phenolic OH excluding ortho intramolecular Hbond substituents is 1. The minimum absolute atomic E-state index is 0.0333. The molecule has 0 spiro atoms. The Balaban J connectivity index is 1.87. The molecule has 36 heavy (non-hydrogen) atoms. The van der Waals surface area contributed by atoms with Crippen molar-refractivity contribution >= 4 is 33.5 Å². The number of ether oxygens (including phenoxy) is 1. The molecule has 1 aromatic heterocycles. The van der Waals surface area contributed by atoms with Gasteiger partial charge in [-0.05, 0) is 54.1 Å². The molecule has 4 rings (SSSR count). The van der Waals surface area contributed by atoms with Gasteiger partial charge in [-0.1, -0.05) is 18.2 Å². The number of carboxylic acids is 1. The number of aromatic hydroxyl groups is 1. The Kier molecular flexibility index (Phi) is 6.44. The van der Waals surface area contributed by atoms with Gasteiger partial charge >= 0.3 is 18.3 Å². The van der Waals surface area contributed by atoms with Gasteiger partial charge in [-0.15, -0.1) is 11.3 Å². The highest BCUT2D eigenvalue weighted by molar-refractivity contribution is 7.22. The van der Waals surface area contributed by atoms with Gasteiger partial charge in [0.2, 0.25) is 0 Å². The Hall–Kier alpha value is -3.99. The van der Waals surface area contributed by atoms with Gasteiger partial charge in [0.05, 0.1) is 16.0 Å². The number of phenols is 1. The molecular weight excluding hydrogens is 510 g/mol. The first-order valence-electron chi connectivity index (χ1n) is 10.1. The summed E-state index contributed by atoms with van der Waals surface area (Å²) in [5.41, 5.74) is -2.91. The van der Waals surface area contributed by atoms with E-state index in [1.807, 2.05) is 0 Å². The van der Waals surface area contributed by atoms with E-state index in [1.165, 1.54) is 48.5 Å². The molecule has 0 radical (unpaired) electrons. The van der Waals surface area contributed by atoms with Crippen LogP contribution < -0.4 is 4.74 Å². The molecule has 1 heterocycles. The maximum atomic E-state index is 13.9. The van der Waals surface area contributed by atoms with Gasteiger partial charge in [-0.2, -0.15) is 26.3 Å². The summed E-state index contributed by atoms with van der Waals surface area (Å²) >= 11 is 0.826. The SMILES string of the molecule is O=C(O)/C=C/c1ccc(Oc2c(-c3ccc(C(F)(F)F)cc3C(F)(F)F)sc3cc(O)ccc23)cc1. The van der Waals surface area contributed by atoms with Crippen LogP contribution in [0, 0.1) is 0 Å². The van der Waals surface area contributed by atoms with Crippen LogP contribution in [0.15, 0.2) is 66.7 Å². The second-order valence-electron chi connectivity index (χ2n) is 7.54. The Bertz CT molecular complexity index is 1470. The Morgan fingerprint density at radius 1 is 0.889 bits per heavy atom. The summed E-state index contributed by atoms with van der Waals surface area (Å²) in [6.07, 6.45) is -7.81. The molecule has 0 unspecified atom stereocenters. The highest BCUT2D eigenvalue weighted by Gasteiger charge is 2.39. The molecule has 0 aliphatic heterocycles. The lowest BCUT2D eigenvalue weighted by Gasteiger charge is -2.16. The number of benzene rings is 3. The Morgan fingerprint density at radius 2 is 1.58 bits per heavy atom. The zero-order valence-corrected chi connectivity index (χ0v) is 18.6. The molecule has 11 heteroatoms. The summed E-state index contributed by atoms with van der Waals surface area (Å²) in [7, 11) is 0. The maximum Gasteiger partial charge on any atom is 0.417 e. The van der Waals surface area contributed by atoms with Crippen molar-refractivity contribution in [2.75, 3.05) is 0 Å². The fourth-order valence-corrected chi connectivity index (χ4v) is 4.63. The largest absolute Gasteiger partial charge is 0.508 e. The standard InChI is InChI=1S/C25H14F6O4S/c26-24(27,28)14-4-8-17(19(11-14)25(29,30)31)23-22(18-9-5-15(32)12-20(18)36-23)35-16-6-1-13(2-7-16)3-10-21(33)34/h1-12,32H,(H,33,34)/b10-3+. The van der Waals surface area contributed by atoms with Crippen molar-refractivity contribution in [3.05, 3.63) is 83.4 Å². The second kappa shape index (κ2) is 9.23. The smallest absolute Gasteiger partial charge is 0.417 e. The Morgan fingerprint density at radius 3 is 2.19 bits per heavy atom. The summed E-state index contributed by atoms with van der Waals surface area (Å²) in [4.78, 5) is 10.6. The average molecular weight is 524 g/mol. The van der Waals surface area contributed by atoms with Crippen LogP contribution >= 0.6 is 11.3 Å². The van der Waals surface area contributed by atoms with Crippen molar-refractivity contribution < 1.29 is 46.1 Å². The van der Waals surface area contributed by atoms with E-state index in [-0.39, 0.29) is 28.2 Å². The molecule has 2 N–H and O–H groups in total. The van der Waals surface area contributed by atoms with E-state index in [2.05, 4.69) is 0 Å². The second-order valence-corrected chi connectivity index (χ2v) is 8.59. The van der Waals surface area contributed by atoms with Gasteiger partial charge in [0.1, 0.15) is 11.5 Å². The first kappa shape index (κ1) is 25.1. The third-order valence-corrected chi connectivity index (χ3v) is 6.21. The van der Waals surface area contributed by atoms with Crippen LogP contribution in [0.1, 0.15) is 16.7 Å². The zero-order chi connectivity index (χ0) is 26.3. The van der Waals surface area contributed by atoms with Crippen molar-refractivity contribution in [2.24, 2.45) is 0 Å². The normalized spacial score (nSPS) is 12.4. The van der Waals surface area contributed by atoms with Crippen molar-refractivity contribution in [3.63, 3.8) is 0 Å². The molecule has 0 amide bonds. The van der Waals surface area contributed by atoms with Crippen LogP contribution in [0.5, 0.6) is 17.2 Å². The number of aliphatic carboxylic acids is 1. The van der Waals surface area contributed by atoms with Crippen LogP contribution in [0.25, 0.3) is 26.6 Å². The molecule has 0 bridgehead atoms. The number of carbonyl (C=O) groups is 1. The summed E-state index contributed by atoms with van der Waals surface area (Å²) < 4.78 is 87.3. The molecular formula is C25H14F6O4S. The molecule has 4 aromatic rings. The van der Waals surface area contributed by atoms with E-state index in [0.717, 1.165) is 23.5 Å². The van der Waals surface area contributed by atoms with Crippen molar-refractivity contribution in [3.8, 4) is 27.7 Å². The quantitative estimate of drug-likeness (QED) is 0.204. The number of halogens is 6. The summed E-state index contributed by atoms with van der Waals surface area (Å²) in [6.45, 7) is 0. The lowest BCUT2D eigenvalue weighted by atomic mass is 10.0. The van der Waals surface area contributed by atoms with Crippen molar-refractivity contribution in [1.29, 1.82) is 0 Å². The van der Waals surface area contributed by atoms with E-state index < -0.39 is 35.0 Å². The number of hydrogen-bond donors (Lipinski definition) is 2. The number of carboxylic acid groups (broad SMARTS) is 1. The van der Waals surface area contributed by atoms with E-state index in [1.54, 1.807) is 0 Å². The fraction of sp³-hybridized carbons (Fsp3) is 0.0800. The van der Waals surface area contributed by atoms with Crippen molar-refractivity contribution in [2.45, 2.75) is 12.4 Å². The maximum absolute atomic E-state index is 13.9. The minimum Gasteiger partial charge on any atom is -0.508 e. The molecule has 186 valence electrons. The predicted molar refractivity (Wildman–Crippen MR) is 122 cm³/mol. The van der Waals surface area contributed by atoms with E-state index >= 15 is 0 Å². The molecule has 0 aliphatic carbocycles. The van der Waals surface area contributed by atoms with Crippen molar-refractivity contribution in [1.82, 2.24) is 0 Å². The van der Waals surface area contributed by atoms with E-state index in [9.17, 15) is 36.2 Å². The summed E-state index contributed by atoms with van der Waals surface area (Å²) in [5.74, 6) is -1.14. The van der Waals surface area contributed by atoms with Crippen LogP contribution in [0.2, 0.25) is 0 Å². The number of alkyl halides is 6. The fourth-order valence-electron chi connectivity index (χ4n) is 3.43. The summed E-state index contributed by atoms with van der Waals surface area (Å²) in [5, 5.41) is 18.9. The molecule has 0 saturated carbocycles. The summed E-state index contributed by atoms with van der Waals surface area (Å²) in [6, 6.07) is 11.4. The van der Waals surface area contributed by atoms with Gasteiger partial charge in [-0.25, -0.2) is 4.79 Å².